The molecule has 0 fully saturated rings. The number of nitrogens with one attached hydrogen (secondary N) is 1. The first-order chi connectivity index (χ1) is 13.5. The lowest BCUT2D eigenvalue weighted by Crippen LogP contribution is -2.30. The number of rotatable bonds is 4. The second kappa shape index (κ2) is 7.84. The number of phenolic OH excluding ortho intramolecular Hbond substituents is 1. The van der Waals surface area contributed by atoms with E-state index in [2.05, 4.69) is 31.4 Å². The molecular formula is C19H17BrN4O3S. The SMILES string of the molecule is O=C(Cn1cnc2sc3c(c2c1=O)CCCC3)N/N=C/c1cc(Br)ccc1O. The topological polar surface area (TPSA) is 96.6 Å². The van der Waals surface area contributed by atoms with E-state index in [1.165, 1.54) is 28.1 Å². The van der Waals surface area contributed by atoms with Crippen LogP contribution < -0.4 is 11.0 Å². The second-order valence-electron chi connectivity index (χ2n) is 6.56. The van der Waals surface area contributed by atoms with Crippen molar-refractivity contribution in [3.8, 4) is 5.75 Å². The van der Waals surface area contributed by atoms with Gasteiger partial charge in [-0.15, -0.1) is 11.3 Å². The molecule has 28 heavy (non-hydrogen) atoms. The van der Waals surface area contributed by atoms with Gasteiger partial charge in [-0.1, -0.05) is 15.9 Å². The Bertz CT molecular complexity index is 1150. The number of aryl methyl sites for hydroxylation is 2. The summed E-state index contributed by atoms with van der Waals surface area (Å²) in [5.41, 5.74) is 3.75. The number of hydrazone groups is 1. The number of amides is 1. The van der Waals surface area contributed by atoms with Crippen LogP contribution in [0.25, 0.3) is 10.2 Å². The van der Waals surface area contributed by atoms with Crippen LogP contribution in [0, 0.1) is 0 Å². The molecule has 0 spiro atoms. The summed E-state index contributed by atoms with van der Waals surface area (Å²) in [5.74, 6) is -0.396. The number of aromatic hydroxyl groups is 1. The third-order valence-electron chi connectivity index (χ3n) is 4.64. The van der Waals surface area contributed by atoms with Crippen molar-refractivity contribution >= 4 is 49.6 Å². The Morgan fingerprint density at radius 3 is 3.07 bits per heavy atom. The molecule has 4 rings (SSSR count). The van der Waals surface area contributed by atoms with Crippen LogP contribution in [0.15, 0.2) is 38.9 Å². The van der Waals surface area contributed by atoms with Crippen molar-refractivity contribution in [2.24, 2.45) is 5.10 Å². The van der Waals surface area contributed by atoms with E-state index in [-0.39, 0.29) is 17.9 Å². The van der Waals surface area contributed by atoms with Gasteiger partial charge in [-0.25, -0.2) is 10.4 Å². The fraction of sp³-hybridized carbons (Fsp3) is 0.263. The van der Waals surface area contributed by atoms with Crippen LogP contribution in [0.2, 0.25) is 0 Å². The van der Waals surface area contributed by atoms with Crippen LogP contribution in [0.3, 0.4) is 0 Å². The molecule has 1 aliphatic rings. The molecule has 0 unspecified atom stereocenters. The summed E-state index contributed by atoms with van der Waals surface area (Å²) in [4.78, 5) is 31.4. The van der Waals surface area contributed by atoms with Gasteiger partial charge in [0.25, 0.3) is 11.5 Å². The van der Waals surface area contributed by atoms with Gasteiger partial charge in [0.15, 0.2) is 0 Å². The molecule has 9 heteroatoms. The molecule has 2 heterocycles. The zero-order chi connectivity index (χ0) is 19.7. The number of fused-ring (bicyclic) bond motifs is 3. The summed E-state index contributed by atoms with van der Waals surface area (Å²) < 4.78 is 2.09. The molecule has 0 radical (unpaired) electrons. The van der Waals surface area contributed by atoms with Crippen LogP contribution >= 0.6 is 27.3 Å². The Balaban J connectivity index is 1.51. The summed E-state index contributed by atoms with van der Waals surface area (Å²) in [6, 6.07) is 4.90. The minimum atomic E-state index is -0.446. The van der Waals surface area contributed by atoms with Crippen LogP contribution in [-0.4, -0.2) is 26.8 Å². The number of carbonyl (C=O) groups excluding carboxylic acids is 1. The number of nitrogens with zero attached hydrogens (tertiary/aromatic N) is 3. The van der Waals surface area contributed by atoms with Gasteiger partial charge in [-0.05, 0) is 49.4 Å². The van der Waals surface area contributed by atoms with Crippen molar-refractivity contribution in [1.82, 2.24) is 15.0 Å². The Morgan fingerprint density at radius 1 is 1.39 bits per heavy atom. The maximum absolute atomic E-state index is 12.8. The molecule has 2 aromatic heterocycles. The van der Waals surface area contributed by atoms with Crippen LogP contribution in [0.5, 0.6) is 5.75 Å². The second-order valence-corrected chi connectivity index (χ2v) is 8.56. The molecule has 3 aromatic rings. The lowest BCUT2D eigenvalue weighted by Gasteiger charge is -2.10. The molecule has 0 saturated carbocycles. The van der Waals surface area contributed by atoms with E-state index < -0.39 is 5.91 Å². The quantitative estimate of drug-likeness (QED) is 0.461. The maximum atomic E-state index is 12.8. The number of hydrogen-bond donors (Lipinski definition) is 2. The lowest BCUT2D eigenvalue weighted by molar-refractivity contribution is -0.121. The fourth-order valence-electron chi connectivity index (χ4n) is 3.29. The number of hydrogen-bond acceptors (Lipinski definition) is 6. The number of aromatic nitrogens is 2. The van der Waals surface area contributed by atoms with Gasteiger partial charge in [0, 0.05) is 14.9 Å². The molecule has 2 N–H and O–H groups in total. The number of phenols is 1. The first-order valence-electron chi connectivity index (χ1n) is 8.83. The van der Waals surface area contributed by atoms with E-state index in [9.17, 15) is 14.7 Å². The summed E-state index contributed by atoms with van der Waals surface area (Å²) in [7, 11) is 0. The zero-order valence-electron chi connectivity index (χ0n) is 14.8. The molecule has 0 bridgehead atoms. The highest BCUT2D eigenvalue weighted by atomic mass is 79.9. The van der Waals surface area contributed by atoms with Gasteiger partial charge in [0.1, 0.15) is 17.1 Å². The third-order valence-corrected chi connectivity index (χ3v) is 6.33. The van der Waals surface area contributed by atoms with Gasteiger partial charge >= 0.3 is 0 Å². The van der Waals surface area contributed by atoms with Crippen LogP contribution in [0.4, 0.5) is 0 Å². The molecule has 0 atom stereocenters. The van der Waals surface area contributed by atoms with Crippen LogP contribution in [-0.2, 0) is 24.2 Å². The summed E-state index contributed by atoms with van der Waals surface area (Å²) in [6.07, 6.45) is 6.86. The van der Waals surface area contributed by atoms with Gasteiger partial charge in [-0.2, -0.15) is 5.10 Å². The standard InChI is InChI=1S/C19H17BrN4O3S/c20-12-5-6-14(25)11(7-12)8-22-23-16(26)9-24-10-21-18-17(19(24)27)13-3-1-2-4-15(13)28-18/h5-8,10,25H,1-4,9H2,(H,23,26)/b22-8+. The number of benzene rings is 1. The Labute approximate surface area is 172 Å². The van der Waals surface area contributed by atoms with Crippen molar-refractivity contribution in [1.29, 1.82) is 0 Å². The Hall–Kier alpha value is -2.52. The molecule has 0 saturated heterocycles. The monoisotopic (exact) mass is 460 g/mol. The lowest BCUT2D eigenvalue weighted by atomic mass is 9.97. The smallest absolute Gasteiger partial charge is 0.262 e. The average molecular weight is 461 g/mol. The highest BCUT2D eigenvalue weighted by Gasteiger charge is 2.20. The summed E-state index contributed by atoms with van der Waals surface area (Å²) in [6.45, 7) is -0.172. The Morgan fingerprint density at radius 2 is 2.21 bits per heavy atom. The van der Waals surface area contributed by atoms with Crippen LogP contribution in [0.1, 0.15) is 28.8 Å². The van der Waals surface area contributed by atoms with Gasteiger partial charge in [0.05, 0.1) is 17.9 Å². The largest absolute Gasteiger partial charge is 0.507 e. The van der Waals surface area contributed by atoms with E-state index in [0.717, 1.165) is 40.5 Å². The van der Waals surface area contributed by atoms with E-state index in [4.69, 9.17) is 0 Å². The first kappa shape index (κ1) is 18.8. The molecule has 144 valence electrons. The molecule has 7 nitrogen and oxygen atoms in total. The molecule has 1 aromatic carbocycles. The number of thiophene rings is 1. The van der Waals surface area contributed by atoms with Crippen molar-refractivity contribution in [2.75, 3.05) is 0 Å². The normalized spacial score (nSPS) is 13.8. The zero-order valence-corrected chi connectivity index (χ0v) is 17.2. The number of halogens is 1. The van der Waals surface area contributed by atoms with E-state index >= 15 is 0 Å². The molecule has 0 aliphatic heterocycles. The maximum Gasteiger partial charge on any atom is 0.262 e. The molecular weight excluding hydrogens is 444 g/mol. The van der Waals surface area contributed by atoms with Gasteiger partial charge < -0.3 is 5.11 Å². The first-order valence-corrected chi connectivity index (χ1v) is 10.4. The Kier molecular flexibility index (Phi) is 5.27. The van der Waals surface area contributed by atoms with Crippen molar-refractivity contribution < 1.29 is 9.90 Å². The van der Waals surface area contributed by atoms with Crippen molar-refractivity contribution in [3.63, 3.8) is 0 Å². The number of carbonyl (C=O) groups is 1. The minimum absolute atomic E-state index is 0.0503. The predicted octanol–water partition coefficient (Wildman–Crippen LogP) is 2.96. The summed E-state index contributed by atoms with van der Waals surface area (Å²) >= 11 is 4.89. The fourth-order valence-corrected chi connectivity index (χ4v) is 4.88. The van der Waals surface area contributed by atoms with E-state index in [1.807, 2.05) is 0 Å². The average Bonchev–Trinajstić information content (AvgIpc) is 3.06. The third kappa shape index (κ3) is 3.72. The van der Waals surface area contributed by atoms with Gasteiger partial charge in [-0.3, -0.25) is 14.2 Å². The molecule has 1 aliphatic carbocycles. The molecule has 1 amide bonds. The van der Waals surface area contributed by atoms with Crippen molar-refractivity contribution in [2.45, 2.75) is 32.2 Å². The van der Waals surface area contributed by atoms with Gasteiger partial charge in [0.2, 0.25) is 0 Å². The summed E-state index contributed by atoms with van der Waals surface area (Å²) in [5, 5.41) is 14.3. The van der Waals surface area contributed by atoms with E-state index in [0.29, 0.717) is 10.9 Å². The minimum Gasteiger partial charge on any atom is -0.507 e. The predicted molar refractivity (Wildman–Crippen MR) is 112 cm³/mol. The highest BCUT2D eigenvalue weighted by Crippen LogP contribution is 2.33. The van der Waals surface area contributed by atoms with Crippen molar-refractivity contribution in [3.05, 3.63) is 55.4 Å². The highest BCUT2D eigenvalue weighted by molar-refractivity contribution is 9.10. The van der Waals surface area contributed by atoms with E-state index in [1.54, 1.807) is 23.5 Å².